The number of phosphoric acid groups is 1. The molecule has 0 aromatic heterocycles. The Bertz CT molecular complexity index is 953. The van der Waals surface area contributed by atoms with Crippen LogP contribution in [-0.4, -0.2) is 73.4 Å². The van der Waals surface area contributed by atoms with Gasteiger partial charge in [0, 0.05) is 6.42 Å². The summed E-state index contributed by atoms with van der Waals surface area (Å²) in [6.45, 7) is 4.80. The summed E-state index contributed by atoms with van der Waals surface area (Å²) in [4.78, 5) is 23.1. The van der Waals surface area contributed by atoms with E-state index in [9.17, 15) is 19.4 Å². The molecule has 0 heterocycles. The van der Waals surface area contributed by atoms with E-state index in [1.54, 1.807) is 6.08 Å². The fraction of sp³-hybridized carbons (Fsp3) is 0.891. The Kier molecular flexibility index (Phi) is 37.8. The number of likely N-dealkylation sites (N-methyl/N-ethyl adjacent to an activating group) is 1. The second-order valence-corrected chi connectivity index (χ2v) is 18.6. The van der Waals surface area contributed by atoms with E-state index in [-0.39, 0.29) is 19.1 Å². The molecular weight excluding hydrogens is 707 g/mol. The molecule has 0 radical (unpaired) electrons. The summed E-state index contributed by atoms with van der Waals surface area (Å²) in [6.07, 6.45) is 45.4. The molecule has 3 unspecified atom stereocenters. The van der Waals surface area contributed by atoms with Crippen LogP contribution in [0.4, 0.5) is 0 Å². The van der Waals surface area contributed by atoms with E-state index in [0.717, 1.165) is 38.5 Å². The second kappa shape index (κ2) is 38.5. The van der Waals surface area contributed by atoms with Gasteiger partial charge in [-0.1, -0.05) is 199 Å². The molecule has 0 aromatic rings. The molecule has 9 heteroatoms. The molecule has 326 valence electrons. The quantitative estimate of drug-likeness (QED) is 0.0246. The first-order chi connectivity index (χ1) is 26.5. The molecule has 0 fully saturated rings. The minimum atomic E-state index is -4.34. The van der Waals surface area contributed by atoms with Crippen LogP contribution in [0.5, 0.6) is 0 Å². The number of aliphatic hydroxyl groups excluding tert-OH is 1. The zero-order valence-corrected chi connectivity index (χ0v) is 37.8. The zero-order valence-electron chi connectivity index (χ0n) is 36.9. The molecule has 0 saturated carbocycles. The third-order valence-corrected chi connectivity index (χ3v) is 11.4. The lowest BCUT2D eigenvalue weighted by Gasteiger charge is -2.25. The molecule has 55 heavy (non-hydrogen) atoms. The summed E-state index contributed by atoms with van der Waals surface area (Å²) in [5.41, 5.74) is 0. The van der Waals surface area contributed by atoms with E-state index < -0.39 is 20.0 Å². The van der Waals surface area contributed by atoms with E-state index in [1.807, 2.05) is 27.2 Å². The first-order valence-electron chi connectivity index (χ1n) is 23.2. The van der Waals surface area contributed by atoms with Crippen LogP contribution in [0, 0.1) is 0 Å². The molecule has 0 aliphatic heterocycles. The van der Waals surface area contributed by atoms with Crippen LogP contribution in [0.3, 0.4) is 0 Å². The Morgan fingerprint density at radius 1 is 0.600 bits per heavy atom. The van der Waals surface area contributed by atoms with Crippen molar-refractivity contribution in [3.63, 3.8) is 0 Å². The molecule has 0 rings (SSSR count). The maximum absolute atomic E-state index is 12.8. The molecule has 0 saturated heterocycles. The van der Waals surface area contributed by atoms with Crippen LogP contribution in [0.2, 0.25) is 0 Å². The second-order valence-electron chi connectivity index (χ2n) is 17.1. The number of carbonyl (C=O) groups excluding carboxylic acids is 1. The number of hydrogen-bond donors (Lipinski definition) is 3. The third-order valence-electron chi connectivity index (χ3n) is 10.4. The van der Waals surface area contributed by atoms with Gasteiger partial charge >= 0.3 is 7.82 Å². The standard InChI is InChI=1S/C46H91N2O6P/c1-6-8-10-12-14-16-18-20-21-22-23-24-25-26-28-29-31-33-35-37-39-45(49)44(43-54-55(51,52)53-42-41-48(3,4)5)47-46(50)40-38-36-34-32-30-27-19-17-15-13-11-9-7-2/h29,31,37,39,44-45,49H,6-28,30,32-36,38,40-43H2,1-5H3,(H-,47,50,51,52)/p+1/b31-29+,39-37+. The molecule has 0 bridgehead atoms. The highest BCUT2D eigenvalue weighted by atomic mass is 31.2. The number of unbranched alkanes of at least 4 members (excludes halogenated alkanes) is 27. The molecule has 8 nitrogen and oxygen atoms in total. The monoisotopic (exact) mass is 800 g/mol. The maximum atomic E-state index is 12.8. The van der Waals surface area contributed by atoms with E-state index in [0.29, 0.717) is 17.4 Å². The third kappa shape index (κ3) is 41.0. The first kappa shape index (κ1) is 54.0. The van der Waals surface area contributed by atoms with Crippen LogP contribution in [0.25, 0.3) is 0 Å². The van der Waals surface area contributed by atoms with Gasteiger partial charge in [0.1, 0.15) is 13.2 Å². The van der Waals surface area contributed by atoms with Gasteiger partial charge < -0.3 is 19.8 Å². The van der Waals surface area contributed by atoms with E-state index in [2.05, 4.69) is 31.3 Å². The summed E-state index contributed by atoms with van der Waals surface area (Å²) in [6, 6.07) is -0.857. The highest BCUT2D eigenvalue weighted by Gasteiger charge is 2.27. The predicted octanol–water partition coefficient (Wildman–Crippen LogP) is 12.9. The van der Waals surface area contributed by atoms with E-state index >= 15 is 0 Å². The van der Waals surface area contributed by atoms with Crippen molar-refractivity contribution in [1.29, 1.82) is 0 Å². The Labute approximate surface area is 341 Å². The Balaban J connectivity index is 4.41. The molecule has 3 N–H and O–H groups in total. The van der Waals surface area contributed by atoms with Crippen molar-refractivity contribution in [1.82, 2.24) is 5.32 Å². The minimum absolute atomic E-state index is 0.0583. The van der Waals surface area contributed by atoms with Gasteiger partial charge in [0.15, 0.2) is 0 Å². The number of carbonyl (C=O) groups is 1. The molecule has 3 atom stereocenters. The molecule has 0 aliphatic carbocycles. The van der Waals surface area contributed by atoms with Gasteiger partial charge in [-0.05, 0) is 32.1 Å². The van der Waals surface area contributed by atoms with Crippen molar-refractivity contribution in [3.8, 4) is 0 Å². The highest BCUT2D eigenvalue weighted by molar-refractivity contribution is 7.47. The fourth-order valence-electron chi connectivity index (χ4n) is 6.70. The zero-order chi connectivity index (χ0) is 40.7. The lowest BCUT2D eigenvalue weighted by atomic mass is 10.0. The van der Waals surface area contributed by atoms with Crippen molar-refractivity contribution in [2.75, 3.05) is 40.9 Å². The first-order valence-corrected chi connectivity index (χ1v) is 24.7. The average molecular weight is 800 g/mol. The number of hydrogen-bond acceptors (Lipinski definition) is 5. The van der Waals surface area contributed by atoms with Gasteiger partial charge in [-0.25, -0.2) is 4.57 Å². The van der Waals surface area contributed by atoms with Crippen LogP contribution < -0.4 is 5.32 Å². The van der Waals surface area contributed by atoms with Crippen LogP contribution in [0.1, 0.15) is 213 Å². The van der Waals surface area contributed by atoms with Crippen LogP contribution in [0.15, 0.2) is 24.3 Å². The number of allylic oxidation sites excluding steroid dienone is 3. The minimum Gasteiger partial charge on any atom is -0.387 e. The van der Waals surface area contributed by atoms with Gasteiger partial charge in [0.05, 0.1) is 39.9 Å². The maximum Gasteiger partial charge on any atom is 0.472 e. The highest BCUT2D eigenvalue weighted by Crippen LogP contribution is 2.43. The number of phosphoric ester groups is 1. The normalized spacial score (nSPS) is 14.5. The van der Waals surface area contributed by atoms with Gasteiger partial charge in [-0.2, -0.15) is 0 Å². The number of quaternary nitrogens is 1. The van der Waals surface area contributed by atoms with Crippen LogP contribution in [-0.2, 0) is 18.4 Å². The topological polar surface area (TPSA) is 105 Å². The van der Waals surface area contributed by atoms with Gasteiger partial charge in [0.2, 0.25) is 5.91 Å². The molecule has 1 amide bonds. The fourth-order valence-corrected chi connectivity index (χ4v) is 7.44. The van der Waals surface area contributed by atoms with Gasteiger partial charge in [-0.3, -0.25) is 13.8 Å². The lowest BCUT2D eigenvalue weighted by Crippen LogP contribution is -2.45. The Morgan fingerprint density at radius 3 is 1.45 bits per heavy atom. The van der Waals surface area contributed by atoms with E-state index in [4.69, 9.17) is 9.05 Å². The largest absolute Gasteiger partial charge is 0.472 e. The number of rotatable bonds is 42. The van der Waals surface area contributed by atoms with Gasteiger partial charge in [-0.15, -0.1) is 0 Å². The van der Waals surface area contributed by atoms with E-state index in [1.165, 1.54) is 154 Å². The van der Waals surface area contributed by atoms with Gasteiger partial charge in [0.25, 0.3) is 0 Å². The summed E-state index contributed by atoms with van der Waals surface area (Å²) >= 11 is 0. The lowest BCUT2D eigenvalue weighted by molar-refractivity contribution is -0.870. The van der Waals surface area contributed by atoms with Crippen molar-refractivity contribution in [3.05, 3.63) is 24.3 Å². The van der Waals surface area contributed by atoms with Crippen molar-refractivity contribution in [2.45, 2.75) is 225 Å². The number of nitrogens with one attached hydrogen (secondary N) is 1. The number of amides is 1. The Morgan fingerprint density at radius 2 is 1.00 bits per heavy atom. The van der Waals surface area contributed by atoms with Crippen molar-refractivity contribution >= 4 is 13.7 Å². The average Bonchev–Trinajstić information content (AvgIpc) is 3.13. The number of nitrogens with zero attached hydrogens (tertiary/aromatic N) is 1. The molecule has 0 aliphatic rings. The number of aliphatic hydroxyl groups is 1. The summed E-state index contributed by atoms with van der Waals surface area (Å²) in [5.74, 6) is -0.186. The Hall–Kier alpha value is -1.02. The van der Waals surface area contributed by atoms with Crippen molar-refractivity contribution in [2.24, 2.45) is 0 Å². The SMILES string of the molecule is CCCCCCCCCCCCCCCC/C=C/CC/C=C/C(O)C(COP(=O)(O)OCC[N+](C)(C)C)NC(=O)CCCCCCCCCCCCCCC. The summed E-state index contributed by atoms with van der Waals surface area (Å²) in [7, 11) is 1.56. The predicted molar refractivity (Wildman–Crippen MR) is 235 cm³/mol. The van der Waals surface area contributed by atoms with Crippen LogP contribution >= 0.6 is 7.82 Å². The summed E-state index contributed by atoms with van der Waals surface area (Å²) in [5, 5.41) is 13.8. The molecule has 0 aromatic carbocycles. The summed E-state index contributed by atoms with van der Waals surface area (Å²) < 4.78 is 23.5. The molecule has 0 spiro atoms. The van der Waals surface area contributed by atoms with Crippen molar-refractivity contribution < 1.29 is 32.9 Å². The smallest absolute Gasteiger partial charge is 0.387 e. The molecular formula is C46H92N2O6P+.